The normalized spacial score (nSPS) is 13.3. The summed E-state index contributed by atoms with van der Waals surface area (Å²) in [6, 6.07) is 25.1. The zero-order valence-corrected chi connectivity index (χ0v) is 27.3. The van der Waals surface area contributed by atoms with E-state index in [0.717, 1.165) is 22.4 Å². The number of hydrogen-bond donors (Lipinski definition) is 3. The number of rotatable bonds is 13. The van der Waals surface area contributed by atoms with E-state index < -0.39 is 17.6 Å². The van der Waals surface area contributed by atoms with Gasteiger partial charge in [0, 0.05) is 18.5 Å². The third kappa shape index (κ3) is 11.9. The van der Waals surface area contributed by atoms with Crippen LogP contribution in [-0.2, 0) is 34.6 Å². The standard InChI is InChI=1S/C37H51N3O3/c1-26(2)22-32(38-24-28-14-18-30(19-15-28)36(3,4)5)34(41)39-33(35(42)40-37(6,7)8)23-27-16-20-31(21-17-27)43-25-29-12-10-9-11-13-29/h9-21,26,32-33,38H,22-25H2,1-8H3,(H,39,41)(H,40,42)/t32-,33-/m0/s1. The van der Waals surface area contributed by atoms with Crippen molar-refractivity contribution in [1.29, 1.82) is 0 Å². The van der Waals surface area contributed by atoms with Crippen LogP contribution in [0.4, 0.5) is 0 Å². The van der Waals surface area contributed by atoms with Crippen molar-refractivity contribution in [2.75, 3.05) is 0 Å². The Hall–Kier alpha value is -3.64. The highest BCUT2D eigenvalue weighted by molar-refractivity contribution is 5.90. The molecule has 0 heterocycles. The zero-order valence-electron chi connectivity index (χ0n) is 27.3. The van der Waals surface area contributed by atoms with E-state index in [1.54, 1.807) is 0 Å². The third-order valence-electron chi connectivity index (χ3n) is 7.14. The van der Waals surface area contributed by atoms with Gasteiger partial charge in [-0.1, -0.05) is 101 Å². The Morgan fingerprint density at radius 1 is 0.721 bits per heavy atom. The highest BCUT2D eigenvalue weighted by Gasteiger charge is 2.28. The third-order valence-corrected chi connectivity index (χ3v) is 7.14. The summed E-state index contributed by atoms with van der Waals surface area (Å²) in [5.74, 6) is 0.684. The van der Waals surface area contributed by atoms with Crippen molar-refractivity contribution < 1.29 is 14.3 Å². The van der Waals surface area contributed by atoms with E-state index in [1.165, 1.54) is 5.56 Å². The van der Waals surface area contributed by atoms with E-state index in [1.807, 2.05) is 75.4 Å². The molecule has 0 spiro atoms. The first-order chi connectivity index (χ1) is 20.2. The predicted octanol–water partition coefficient (Wildman–Crippen LogP) is 6.71. The lowest BCUT2D eigenvalue weighted by molar-refractivity contribution is -0.131. The minimum absolute atomic E-state index is 0.0875. The molecule has 0 aliphatic carbocycles. The number of carbonyl (C=O) groups is 2. The van der Waals surface area contributed by atoms with E-state index in [4.69, 9.17) is 4.74 Å². The maximum atomic E-state index is 13.7. The summed E-state index contributed by atoms with van der Waals surface area (Å²) in [6.45, 7) is 17.7. The molecule has 3 aromatic carbocycles. The van der Waals surface area contributed by atoms with Crippen LogP contribution in [0.5, 0.6) is 5.75 Å². The first-order valence-corrected chi connectivity index (χ1v) is 15.4. The van der Waals surface area contributed by atoms with Gasteiger partial charge in [-0.25, -0.2) is 0 Å². The molecule has 0 aliphatic rings. The summed E-state index contributed by atoms with van der Waals surface area (Å²) >= 11 is 0. The maximum absolute atomic E-state index is 13.7. The fourth-order valence-corrected chi connectivity index (χ4v) is 4.75. The summed E-state index contributed by atoms with van der Waals surface area (Å²) < 4.78 is 5.93. The highest BCUT2D eigenvalue weighted by atomic mass is 16.5. The molecule has 232 valence electrons. The van der Waals surface area contributed by atoms with Gasteiger partial charge < -0.3 is 20.7 Å². The molecule has 3 N–H and O–H groups in total. The Morgan fingerprint density at radius 3 is 1.88 bits per heavy atom. The van der Waals surface area contributed by atoms with Crippen molar-refractivity contribution in [3.05, 3.63) is 101 Å². The Kier molecular flexibility index (Phi) is 12.0. The van der Waals surface area contributed by atoms with E-state index in [-0.39, 0.29) is 17.2 Å². The zero-order chi connectivity index (χ0) is 31.6. The van der Waals surface area contributed by atoms with Gasteiger partial charge in [0.1, 0.15) is 18.4 Å². The Labute approximate surface area is 259 Å². The van der Waals surface area contributed by atoms with Gasteiger partial charge in [0.05, 0.1) is 6.04 Å². The molecule has 0 bridgehead atoms. The van der Waals surface area contributed by atoms with Crippen LogP contribution in [0, 0.1) is 5.92 Å². The van der Waals surface area contributed by atoms with Crippen LogP contribution >= 0.6 is 0 Å². The SMILES string of the molecule is CC(C)C[C@H](NCc1ccc(C(C)(C)C)cc1)C(=O)N[C@@H](Cc1ccc(OCc2ccccc2)cc1)C(=O)NC(C)(C)C. The summed E-state index contributed by atoms with van der Waals surface area (Å²) in [7, 11) is 0. The Bertz CT molecular complexity index is 1290. The topological polar surface area (TPSA) is 79.5 Å². The number of carbonyl (C=O) groups excluding carboxylic acids is 2. The molecule has 3 aromatic rings. The second kappa shape index (κ2) is 15.2. The van der Waals surface area contributed by atoms with E-state index >= 15 is 0 Å². The van der Waals surface area contributed by atoms with Gasteiger partial charge in [-0.15, -0.1) is 0 Å². The predicted molar refractivity (Wildman–Crippen MR) is 176 cm³/mol. The quantitative estimate of drug-likeness (QED) is 0.208. The first kappa shape index (κ1) is 33.9. The maximum Gasteiger partial charge on any atom is 0.243 e. The van der Waals surface area contributed by atoms with Crippen molar-refractivity contribution in [2.45, 2.75) is 104 Å². The van der Waals surface area contributed by atoms with Crippen LogP contribution in [-0.4, -0.2) is 29.4 Å². The average Bonchev–Trinajstić information content (AvgIpc) is 2.93. The monoisotopic (exact) mass is 585 g/mol. The number of benzene rings is 3. The summed E-state index contributed by atoms with van der Waals surface area (Å²) in [4.78, 5) is 27.0. The molecule has 0 radical (unpaired) electrons. The van der Waals surface area contributed by atoms with E-state index in [0.29, 0.717) is 31.9 Å². The molecule has 2 amide bonds. The molecule has 0 saturated heterocycles. The number of amides is 2. The first-order valence-electron chi connectivity index (χ1n) is 15.4. The van der Waals surface area contributed by atoms with Gasteiger partial charge in [0.25, 0.3) is 0 Å². The van der Waals surface area contributed by atoms with Crippen LogP contribution in [0.25, 0.3) is 0 Å². The van der Waals surface area contributed by atoms with Crippen LogP contribution in [0.15, 0.2) is 78.9 Å². The van der Waals surface area contributed by atoms with E-state index in [2.05, 4.69) is 74.8 Å². The number of nitrogens with one attached hydrogen (secondary N) is 3. The minimum Gasteiger partial charge on any atom is -0.489 e. The molecule has 6 heteroatoms. The smallest absolute Gasteiger partial charge is 0.243 e. The van der Waals surface area contributed by atoms with Crippen LogP contribution in [0.3, 0.4) is 0 Å². The summed E-state index contributed by atoms with van der Waals surface area (Å²) in [5, 5.41) is 9.58. The van der Waals surface area contributed by atoms with Gasteiger partial charge in [-0.05, 0) is 72.9 Å². The van der Waals surface area contributed by atoms with Gasteiger partial charge in [0.15, 0.2) is 0 Å². The minimum atomic E-state index is -0.717. The lowest BCUT2D eigenvalue weighted by Gasteiger charge is -2.28. The molecule has 0 aromatic heterocycles. The van der Waals surface area contributed by atoms with Crippen molar-refractivity contribution in [3.8, 4) is 5.75 Å². The van der Waals surface area contributed by atoms with Gasteiger partial charge >= 0.3 is 0 Å². The van der Waals surface area contributed by atoms with Crippen molar-refractivity contribution in [3.63, 3.8) is 0 Å². The van der Waals surface area contributed by atoms with Gasteiger partial charge in [-0.2, -0.15) is 0 Å². The Balaban J connectivity index is 1.70. The molecule has 0 unspecified atom stereocenters. The molecule has 0 fully saturated rings. The Morgan fingerprint density at radius 2 is 1.33 bits per heavy atom. The van der Waals surface area contributed by atoms with Crippen molar-refractivity contribution in [1.82, 2.24) is 16.0 Å². The second-order valence-corrected chi connectivity index (χ2v) is 13.9. The number of ether oxygens (including phenoxy) is 1. The summed E-state index contributed by atoms with van der Waals surface area (Å²) in [6.07, 6.45) is 1.03. The average molecular weight is 586 g/mol. The fourth-order valence-electron chi connectivity index (χ4n) is 4.75. The largest absolute Gasteiger partial charge is 0.489 e. The number of hydrogen-bond acceptors (Lipinski definition) is 4. The lowest BCUT2D eigenvalue weighted by atomic mass is 9.87. The van der Waals surface area contributed by atoms with Crippen molar-refractivity contribution >= 4 is 11.8 Å². The second-order valence-electron chi connectivity index (χ2n) is 13.9. The van der Waals surface area contributed by atoms with E-state index in [9.17, 15) is 9.59 Å². The molecule has 2 atom stereocenters. The van der Waals surface area contributed by atoms with Crippen LogP contribution in [0.2, 0.25) is 0 Å². The molecular formula is C37H51N3O3. The molecule has 0 aliphatic heterocycles. The lowest BCUT2D eigenvalue weighted by Crippen LogP contribution is -2.56. The molecule has 0 saturated carbocycles. The molecular weight excluding hydrogens is 534 g/mol. The van der Waals surface area contributed by atoms with Gasteiger partial charge in [0.2, 0.25) is 11.8 Å². The van der Waals surface area contributed by atoms with Crippen LogP contribution < -0.4 is 20.7 Å². The van der Waals surface area contributed by atoms with Crippen molar-refractivity contribution in [2.24, 2.45) is 5.92 Å². The van der Waals surface area contributed by atoms with Crippen LogP contribution in [0.1, 0.15) is 84.1 Å². The summed E-state index contributed by atoms with van der Waals surface area (Å²) in [5.41, 5.74) is 4.09. The highest BCUT2D eigenvalue weighted by Crippen LogP contribution is 2.22. The fraction of sp³-hybridized carbons (Fsp3) is 0.459. The molecule has 3 rings (SSSR count). The van der Waals surface area contributed by atoms with Gasteiger partial charge in [-0.3, -0.25) is 9.59 Å². The molecule has 6 nitrogen and oxygen atoms in total. The molecule has 43 heavy (non-hydrogen) atoms.